The molecule has 4 nitrogen and oxygen atoms in total. The lowest BCUT2D eigenvalue weighted by Crippen LogP contribution is -2.55. The van der Waals surface area contributed by atoms with E-state index in [9.17, 15) is 14.7 Å². The van der Waals surface area contributed by atoms with Crippen LogP contribution in [0.4, 0.5) is 0 Å². The molecular formula is C22H30O4. The molecule has 0 aliphatic heterocycles. The summed E-state index contributed by atoms with van der Waals surface area (Å²) in [5, 5.41) is 20.8. The Hall–Kier alpha value is -1.16. The van der Waals surface area contributed by atoms with Crippen LogP contribution >= 0.6 is 0 Å². The summed E-state index contributed by atoms with van der Waals surface area (Å²) in [7, 11) is 0. The summed E-state index contributed by atoms with van der Waals surface area (Å²) in [6.07, 6.45) is 9.59. The maximum Gasteiger partial charge on any atom is 0.303 e. The molecule has 4 fully saturated rings. The van der Waals surface area contributed by atoms with Gasteiger partial charge in [-0.05, 0) is 91.9 Å². The molecule has 8 atom stereocenters. The SMILES string of the molecule is C[C@]12CC[C@H]3[C@@H](CCC4=CC(=O)CC[C@@H]43)[C@@H]1[C@H]1C[C@H]1[C@@]2(O)CCC(=O)O. The van der Waals surface area contributed by atoms with Gasteiger partial charge in [-0.1, -0.05) is 12.5 Å². The van der Waals surface area contributed by atoms with Crippen molar-refractivity contribution in [3.05, 3.63) is 11.6 Å². The van der Waals surface area contributed by atoms with Gasteiger partial charge >= 0.3 is 5.97 Å². The minimum Gasteiger partial charge on any atom is -0.481 e. The van der Waals surface area contributed by atoms with Crippen LogP contribution < -0.4 is 0 Å². The van der Waals surface area contributed by atoms with E-state index in [0.29, 0.717) is 54.1 Å². The van der Waals surface area contributed by atoms with Gasteiger partial charge in [-0.2, -0.15) is 0 Å². The van der Waals surface area contributed by atoms with Gasteiger partial charge in [0.2, 0.25) is 0 Å². The predicted molar refractivity (Wildman–Crippen MR) is 96.3 cm³/mol. The number of aliphatic carboxylic acids is 1. The number of carbonyl (C=O) groups is 2. The largest absolute Gasteiger partial charge is 0.481 e. The van der Waals surface area contributed by atoms with Gasteiger partial charge in [0.25, 0.3) is 0 Å². The van der Waals surface area contributed by atoms with Crippen LogP contribution in [0.5, 0.6) is 0 Å². The van der Waals surface area contributed by atoms with Crippen molar-refractivity contribution in [3.8, 4) is 0 Å². The molecular weight excluding hydrogens is 328 g/mol. The summed E-state index contributed by atoms with van der Waals surface area (Å²) in [4.78, 5) is 23.0. The molecule has 0 spiro atoms. The van der Waals surface area contributed by atoms with E-state index in [-0.39, 0.29) is 11.8 Å². The van der Waals surface area contributed by atoms with E-state index in [1.807, 2.05) is 6.08 Å². The van der Waals surface area contributed by atoms with E-state index < -0.39 is 11.6 Å². The van der Waals surface area contributed by atoms with Crippen LogP contribution in [0, 0.1) is 40.9 Å². The van der Waals surface area contributed by atoms with Gasteiger partial charge in [0.1, 0.15) is 0 Å². The van der Waals surface area contributed by atoms with E-state index in [4.69, 9.17) is 5.11 Å². The van der Waals surface area contributed by atoms with Crippen molar-refractivity contribution in [3.63, 3.8) is 0 Å². The highest BCUT2D eigenvalue weighted by Crippen LogP contribution is 2.76. The summed E-state index contributed by atoms with van der Waals surface area (Å²) >= 11 is 0. The number of rotatable bonds is 3. The summed E-state index contributed by atoms with van der Waals surface area (Å²) in [6.45, 7) is 2.26. The number of allylic oxidation sites excluding steroid dienone is 1. The summed E-state index contributed by atoms with van der Waals surface area (Å²) in [5.74, 6) is 2.88. The maximum atomic E-state index is 11.8. The average Bonchev–Trinajstić information content (AvgIpc) is 3.36. The number of ketones is 1. The first-order valence-corrected chi connectivity index (χ1v) is 10.5. The van der Waals surface area contributed by atoms with Crippen molar-refractivity contribution in [1.82, 2.24) is 0 Å². The van der Waals surface area contributed by atoms with Gasteiger partial charge in [0, 0.05) is 12.8 Å². The van der Waals surface area contributed by atoms with Gasteiger partial charge in [-0.25, -0.2) is 0 Å². The monoisotopic (exact) mass is 358 g/mol. The van der Waals surface area contributed by atoms with Gasteiger partial charge in [-0.15, -0.1) is 0 Å². The van der Waals surface area contributed by atoms with E-state index in [0.717, 1.165) is 38.5 Å². The third-order valence-electron chi connectivity index (χ3n) is 9.17. The molecule has 0 heterocycles. The third-order valence-corrected chi connectivity index (χ3v) is 9.17. The fraction of sp³-hybridized carbons (Fsp3) is 0.818. The second kappa shape index (κ2) is 5.43. The molecule has 0 radical (unpaired) electrons. The zero-order valence-electron chi connectivity index (χ0n) is 15.6. The second-order valence-electron chi connectivity index (χ2n) is 10.0. The molecule has 0 aromatic rings. The Bertz CT molecular complexity index is 696. The number of fused-ring (bicyclic) bond motifs is 7. The first-order valence-electron chi connectivity index (χ1n) is 10.5. The molecule has 4 saturated carbocycles. The molecule has 0 saturated heterocycles. The first-order chi connectivity index (χ1) is 12.3. The summed E-state index contributed by atoms with van der Waals surface area (Å²) in [5.41, 5.74) is 0.491. The van der Waals surface area contributed by atoms with Crippen LogP contribution in [0.1, 0.15) is 64.7 Å². The lowest BCUT2D eigenvalue weighted by molar-refractivity contribution is -0.153. The van der Waals surface area contributed by atoms with Crippen molar-refractivity contribution in [2.24, 2.45) is 40.9 Å². The zero-order valence-corrected chi connectivity index (χ0v) is 15.6. The minimum atomic E-state index is -0.796. The number of hydrogen-bond acceptors (Lipinski definition) is 3. The Kier molecular flexibility index (Phi) is 3.55. The number of hydrogen-bond donors (Lipinski definition) is 2. The van der Waals surface area contributed by atoms with Crippen molar-refractivity contribution in [1.29, 1.82) is 0 Å². The quantitative estimate of drug-likeness (QED) is 0.809. The molecule has 142 valence electrons. The Morgan fingerprint density at radius 3 is 2.77 bits per heavy atom. The van der Waals surface area contributed by atoms with Crippen molar-refractivity contribution >= 4 is 11.8 Å². The lowest BCUT2D eigenvalue weighted by Gasteiger charge is -2.57. The van der Waals surface area contributed by atoms with Crippen LogP contribution in [0.2, 0.25) is 0 Å². The molecule has 0 amide bonds. The fourth-order valence-corrected chi connectivity index (χ4v) is 8.08. The average molecular weight is 358 g/mol. The lowest BCUT2D eigenvalue weighted by atomic mass is 9.49. The molecule has 5 aliphatic carbocycles. The van der Waals surface area contributed by atoms with Crippen LogP contribution in [0.25, 0.3) is 0 Å². The van der Waals surface area contributed by atoms with Crippen LogP contribution in [-0.2, 0) is 9.59 Å². The molecule has 5 aliphatic rings. The predicted octanol–water partition coefficient (Wildman–Crippen LogP) is 3.58. The first kappa shape index (κ1) is 17.0. The number of carbonyl (C=O) groups excluding carboxylic acids is 1. The molecule has 26 heavy (non-hydrogen) atoms. The van der Waals surface area contributed by atoms with Crippen molar-refractivity contribution in [2.75, 3.05) is 0 Å². The molecule has 4 heteroatoms. The van der Waals surface area contributed by atoms with E-state index in [2.05, 4.69) is 6.92 Å². The molecule has 0 unspecified atom stereocenters. The van der Waals surface area contributed by atoms with Gasteiger partial charge in [0.05, 0.1) is 5.60 Å². The number of carboxylic acid groups (broad SMARTS) is 1. The molecule has 0 aromatic heterocycles. The normalized spacial score (nSPS) is 51.6. The zero-order chi connectivity index (χ0) is 18.3. The summed E-state index contributed by atoms with van der Waals surface area (Å²) < 4.78 is 0. The van der Waals surface area contributed by atoms with Gasteiger partial charge in [0.15, 0.2) is 5.78 Å². The Labute approximate surface area is 155 Å². The number of aliphatic hydroxyl groups is 1. The highest BCUT2D eigenvalue weighted by Gasteiger charge is 2.75. The van der Waals surface area contributed by atoms with E-state index in [1.165, 1.54) is 5.57 Å². The topological polar surface area (TPSA) is 74.6 Å². The van der Waals surface area contributed by atoms with E-state index in [1.54, 1.807) is 0 Å². The molecule has 0 bridgehead atoms. The van der Waals surface area contributed by atoms with Crippen molar-refractivity contribution in [2.45, 2.75) is 70.3 Å². The second-order valence-corrected chi connectivity index (χ2v) is 10.0. The van der Waals surface area contributed by atoms with Crippen LogP contribution in [-0.4, -0.2) is 27.6 Å². The van der Waals surface area contributed by atoms with Gasteiger partial charge in [-0.3, -0.25) is 9.59 Å². The third kappa shape index (κ3) is 2.11. The van der Waals surface area contributed by atoms with Crippen LogP contribution in [0.3, 0.4) is 0 Å². The van der Waals surface area contributed by atoms with Crippen LogP contribution in [0.15, 0.2) is 11.6 Å². The Morgan fingerprint density at radius 2 is 2.00 bits per heavy atom. The highest BCUT2D eigenvalue weighted by molar-refractivity contribution is 5.91. The number of carboxylic acids is 1. The minimum absolute atomic E-state index is 0.0771. The molecule has 2 N–H and O–H groups in total. The Morgan fingerprint density at radius 1 is 1.19 bits per heavy atom. The maximum absolute atomic E-state index is 11.8. The van der Waals surface area contributed by atoms with E-state index >= 15 is 0 Å². The highest BCUT2D eigenvalue weighted by atomic mass is 16.4. The van der Waals surface area contributed by atoms with Gasteiger partial charge < -0.3 is 10.2 Å². The summed E-state index contributed by atoms with van der Waals surface area (Å²) in [6, 6.07) is 0. The molecule has 0 aromatic carbocycles. The fourth-order valence-electron chi connectivity index (χ4n) is 8.08. The van der Waals surface area contributed by atoms with Crippen molar-refractivity contribution < 1.29 is 19.8 Å². The Balaban J connectivity index is 1.44. The smallest absolute Gasteiger partial charge is 0.303 e. The molecule has 5 rings (SSSR count). The standard InChI is InChI=1S/C22H30O4/c1-21-8-6-15-14-5-3-13(23)10-12(14)2-4-16(15)20(21)17-11-18(17)22(21,26)9-7-19(24)25/h10,14-18,20,26H,2-9,11H2,1H3,(H,24,25)/t14-,15+,16+,17-,18+,20+,21-,22-/m0/s1.